The summed E-state index contributed by atoms with van der Waals surface area (Å²) >= 11 is 0. The molecule has 0 aliphatic rings. The van der Waals surface area contributed by atoms with Gasteiger partial charge in [-0.3, -0.25) is 0 Å². The van der Waals surface area contributed by atoms with E-state index in [1.807, 2.05) is 13.8 Å². The van der Waals surface area contributed by atoms with Crippen LogP contribution in [0.25, 0.3) is 0 Å². The van der Waals surface area contributed by atoms with Crippen LogP contribution in [0.3, 0.4) is 0 Å². The van der Waals surface area contributed by atoms with Crippen LogP contribution in [0.1, 0.15) is 39.5 Å². The molecule has 0 saturated heterocycles. The quantitative estimate of drug-likeness (QED) is 0.719. The van der Waals surface area contributed by atoms with Crippen molar-refractivity contribution in [2.45, 2.75) is 51.8 Å². The summed E-state index contributed by atoms with van der Waals surface area (Å²) in [5.74, 6) is 0.484. The Morgan fingerprint density at radius 2 is 1.69 bits per heavy atom. The molecule has 13 heavy (non-hydrogen) atoms. The first-order valence-corrected chi connectivity index (χ1v) is 4.56. The number of halogens is 3. The lowest BCUT2D eigenvalue weighted by Gasteiger charge is -2.13. The number of aliphatic hydroxyl groups is 1. The van der Waals surface area contributed by atoms with Gasteiger partial charge in [-0.1, -0.05) is 26.7 Å². The molecule has 0 spiro atoms. The van der Waals surface area contributed by atoms with E-state index in [2.05, 4.69) is 0 Å². The predicted molar refractivity (Wildman–Crippen MR) is 45.4 cm³/mol. The lowest BCUT2D eigenvalue weighted by atomic mass is 10.0. The molecule has 1 atom stereocenters. The van der Waals surface area contributed by atoms with Crippen LogP contribution in [0.5, 0.6) is 0 Å². The molecular formula is C9H17F3O. The van der Waals surface area contributed by atoms with Gasteiger partial charge in [-0.25, -0.2) is 0 Å². The molecule has 0 fully saturated rings. The van der Waals surface area contributed by atoms with Gasteiger partial charge in [-0.2, -0.15) is 13.2 Å². The molecular weight excluding hydrogens is 181 g/mol. The highest BCUT2D eigenvalue weighted by Crippen LogP contribution is 2.23. The predicted octanol–water partition coefficient (Wildman–Crippen LogP) is 3.13. The second-order valence-corrected chi connectivity index (χ2v) is 3.80. The van der Waals surface area contributed by atoms with Crippen LogP contribution in [-0.2, 0) is 0 Å². The van der Waals surface area contributed by atoms with Crippen LogP contribution < -0.4 is 0 Å². The van der Waals surface area contributed by atoms with E-state index in [1.54, 1.807) is 0 Å². The molecule has 80 valence electrons. The smallest absolute Gasteiger partial charge is 0.391 e. The molecule has 0 heterocycles. The number of aliphatic hydroxyl groups excluding tert-OH is 1. The summed E-state index contributed by atoms with van der Waals surface area (Å²) in [5, 5.41) is 8.98. The molecule has 1 unspecified atom stereocenters. The van der Waals surface area contributed by atoms with Crippen LogP contribution in [0.15, 0.2) is 0 Å². The highest BCUT2D eigenvalue weighted by molar-refractivity contribution is 4.62. The van der Waals surface area contributed by atoms with Gasteiger partial charge < -0.3 is 5.11 Å². The molecule has 0 saturated carbocycles. The molecule has 4 heteroatoms. The normalized spacial score (nSPS) is 15.0. The average molecular weight is 198 g/mol. The Morgan fingerprint density at radius 1 is 1.15 bits per heavy atom. The second kappa shape index (κ2) is 5.47. The fraction of sp³-hybridized carbons (Fsp3) is 1.00. The minimum absolute atomic E-state index is 0.248. The van der Waals surface area contributed by atoms with Crippen molar-refractivity contribution >= 4 is 0 Å². The lowest BCUT2D eigenvalue weighted by molar-refractivity contribution is -0.154. The molecule has 0 bridgehead atoms. The van der Waals surface area contributed by atoms with E-state index in [9.17, 15) is 13.2 Å². The summed E-state index contributed by atoms with van der Waals surface area (Å²) in [6.07, 6.45) is -4.76. The Balaban J connectivity index is 3.46. The summed E-state index contributed by atoms with van der Waals surface area (Å²) in [6.45, 7) is 4.02. The van der Waals surface area contributed by atoms with Crippen molar-refractivity contribution in [2.24, 2.45) is 5.92 Å². The minimum atomic E-state index is -4.24. The van der Waals surface area contributed by atoms with Crippen LogP contribution in [0, 0.1) is 5.92 Å². The number of rotatable bonds is 5. The Hall–Kier alpha value is -0.250. The fourth-order valence-electron chi connectivity index (χ4n) is 1.13. The summed E-state index contributed by atoms with van der Waals surface area (Å²) in [5.41, 5.74) is 0. The van der Waals surface area contributed by atoms with E-state index in [0.717, 1.165) is 6.42 Å². The van der Waals surface area contributed by atoms with Crippen molar-refractivity contribution in [1.29, 1.82) is 0 Å². The molecule has 0 amide bonds. The number of alkyl halides is 3. The van der Waals surface area contributed by atoms with E-state index < -0.39 is 18.7 Å². The fourth-order valence-corrected chi connectivity index (χ4v) is 1.13. The zero-order chi connectivity index (χ0) is 10.5. The summed E-state index contributed by atoms with van der Waals surface area (Å²) in [6, 6.07) is 0. The SMILES string of the molecule is CC(C)CCCC(O)CC(F)(F)F. The van der Waals surface area contributed by atoms with Gasteiger partial charge in [-0.05, 0) is 12.3 Å². The minimum Gasteiger partial charge on any atom is -0.393 e. The van der Waals surface area contributed by atoms with Gasteiger partial charge in [0.05, 0.1) is 12.5 Å². The molecule has 1 N–H and O–H groups in total. The van der Waals surface area contributed by atoms with Crippen LogP contribution in [0.4, 0.5) is 13.2 Å². The lowest BCUT2D eigenvalue weighted by Crippen LogP contribution is -2.19. The van der Waals surface area contributed by atoms with Crippen LogP contribution >= 0.6 is 0 Å². The molecule has 0 aromatic heterocycles. The van der Waals surface area contributed by atoms with Gasteiger partial charge in [0.1, 0.15) is 0 Å². The maximum absolute atomic E-state index is 11.7. The van der Waals surface area contributed by atoms with Gasteiger partial charge in [0.25, 0.3) is 0 Å². The zero-order valence-corrected chi connectivity index (χ0v) is 8.06. The monoisotopic (exact) mass is 198 g/mol. The largest absolute Gasteiger partial charge is 0.393 e. The van der Waals surface area contributed by atoms with E-state index >= 15 is 0 Å². The summed E-state index contributed by atoms with van der Waals surface area (Å²) in [4.78, 5) is 0. The van der Waals surface area contributed by atoms with Crippen molar-refractivity contribution in [2.75, 3.05) is 0 Å². The molecule has 0 radical (unpaired) electrons. The summed E-state index contributed by atoms with van der Waals surface area (Å²) < 4.78 is 35.2. The maximum atomic E-state index is 11.7. The van der Waals surface area contributed by atoms with Crippen LogP contribution in [0.2, 0.25) is 0 Å². The van der Waals surface area contributed by atoms with E-state index in [1.165, 1.54) is 0 Å². The highest BCUT2D eigenvalue weighted by Gasteiger charge is 2.30. The molecule has 0 aromatic rings. The first-order valence-electron chi connectivity index (χ1n) is 4.56. The summed E-state index contributed by atoms with van der Waals surface area (Å²) in [7, 11) is 0. The van der Waals surface area contributed by atoms with Gasteiger partial charge in [0.15, 0.2) is 0 Å². The van der Waals surface area contributed by atoms with E-state index in [0.29, 0.717) is 12.3 Å². The first kappa shape index (κ1) is 12.8. The Kier molecular flexibility index (Phi) is 5.37. The van der Waals surface area contributed by atoms with Gasteiger partial charge in [0.2, 0.25) is 0 Å². The third-order valence-corrected chi connectivity index (χ3v) is 1.79. The van der Waals surface area contributed by atoms with Crippen molar-refractivity contribution in [1.82, 2.24) is 0 Å². The third kappa shape index (κ3) is 9.67. The van der Waals surface area contributed by atoms with Crippen molar-refractivity contribution in [3.8, 4) is 0 Å². The molecule has 0 aromatic carbocycles. The Bertz CT molecular complexity index is 131. The van der Waals surface area contributed by atoms with E-state index in [4.69, 9.17) is 5.11 Å². The highest BCUT2D eigenvalue weighted by atomic mass is 19.4. The first-order chi connectivity index (χ1) is 5.81. The molecule has 0 rings (SSSR count). The second-order valence-electron chi connectivity index (χ2n) is 3.80. The molecule has 1 nitrogen and oxygen atoms in total. The van der Waals surface area contributed by atoms with Gasteiger partial charge in [0, 0.05) is 0 Å². The molecule has 0 aliphatic heterocycles. The number of hydrogen-bond acceptors (Lipinski definition) is 1. The third-order valence-electron chi connectivity index (χ3n) is 1.79. The zero-order valence-electron chi connectivity index (χ0n) is 8.06. The Morgan fingerprint density at radius 3 is 2.08 bits per heavy atom. The number of hydrogen-bond donors (Lipinski definition) is 1. The Labute approximate surface area is 76.9 Å². The maximum Gasteiger partial charge on any atom is 0.391 e. The van der Waals surface area contributed by atoms with Crippen LogP contribution in [-0.4, -0.2) is 17.4 Å². The van der Waals surface area contributed by atoms with Gasteiger partial charge in [-0.15, -0.1) is 0 Å². The molecule has 0 aliphatic carbocycles. The van der Waals surface area contributed by atoms with Crippen molar-refractivity contribution in [3.63, 3.8) is 0 Å². The van der Waals surface area contributed by atoms with Gasteiger partial charge >= 0.3 is 6.18 Å². The van der Waals surface area contributed by atoms with E-state index in [-0.39, 0.29) is 6.42 Å². The standard InChI is InChI=1S/C9H17F3O/c1-7(2)4-3-5-8(13)6-9(10,11)12/h7-8,13H,3-6H2,1-2H3. The van der Waals surface area contributed by atoms with Crippen molar-refractivity contribution in [3.05, 3.63) is 0 Å². The average Bonchev–Trinajstić information content (AvgIpc) is 1.81. The topological polar surface area (TPSA) is 20.2 Å². The van der Waals surface area contributed by atoms with Crippen molar-refractivity contribution < 1.29 is 18.3 Å².